The van der Waals surface area contributed by atoms with Crippen molar-refractivity contribution in [2.75, 3.05) is 20.3 Å². The summed E-state index contributed by atoms with van der Waals surface area (Å²) in [5.41, 5.74) is 2.30. The molecule has 102 valence electrons. The van der Waals surface area contributed by atoms with Crippen LogP contribution in [-0.2, 0) is 11.3 Å². The Balaban J connectivity index is 2.10. The molecule has 5 heteroatoms. The number of ether oxygens (including phenoxy) is 1. The first-order chi connectivity index (χ1) is 9.20. The lowest BCUT2D eigenvalue weighted by atomic mass is 10.2. The highest BCUT2D eigenvalue weighted by Gasteiger charge is 2.17. The van der Waals surface area contributed by atoms with E-state index < -0.39 is 0 Å². The van der Waals surface area contributed by atoms with Crippen LogP contribution in [0.2, 0.25) is 0 Å². The molecule has 0 aromatic carbocycles. The topological polar surface area (TPSA) is 29.5 Å². The van der Waals surface area contributed by atoms with E-state index in [2.05, 4.69) is 11.4 Å². The number of carbonyl (C=O) groups excluding carboxylic acids is 1. The number of aryl methyl sites for hydroxylation is 1. The van der Waals surface area contributed by atoms with Crippen LogP contribution in [0.25, 0.3) is 0 Å². The molecule has 0 saturated heterocycles. The lowest BCUT2D eigenvalue weighted by Gasteiger charge is -2.21. The van der Waals surface area contributed by atoms with Crippen molar-refractivity contribution in [2.24, 2.45) is 0 Å². The molecule has 0 bridgehead atoms. The van der Waals surface area contributed by atoms with Gasteiger partial charge < -0.3 is 9.64 Å². The summed E-state index contributed by atoms with van der Waals surface area (Å²) in [5, 5.41) is 6.11. The van der Waals surface area contributed by atoms with Crippen molar-refractivity contribution in [3.8, 4) is 0 Å². The number of carbonyl (C=O) groups is 1. The normalized spacial score (nSPS) is 10.6. The van der Waals surface area contributed by atoms with E-state index in [0.29, 0.717) is 19.7 Å². The molecule has 0 aliphatic rings. The van der Waals surface area contributed by atoms with Crippen LogP contribution in [0.5, 0.6) is 0 Å². The van der Waals surface area contributed by atoms with E-state index in [1.807, 2.05) is 28.7 Å². The second-order valence-electron chi connectivity index (χ2n) is 4.34. The van der Waals surface area contributed by atoms with E-state index in [1.54, 1.807) is 18.4 Å². The van der Waals surface area contributed by atoms with Gasteiger partial charge in [-0.2, -0.15) is 11.3 Å². The van der Waals surface area contributed by atoms with Crippen molar-refractivity contribution in [1.82, 2.24) is 4.90 Å². The zero-order valence-electron chi connectivity index (χ0n) is 11.1. The summed E-state index contributed by atoms with van der Waals surface area (Å²) in [6.07, 6.45) is 0. The number of hydrogen-bond acceptors (Lipinski definition) is 4. The summed E-state index contributed by atoms with van der Waals surface area (Å²) < 4.78 is 5.09. The third-order valence-electron chi connectivity index (χ3n) is 2.75. The van der Waals surface area contributed by atoms with Crippen LogP contribution in [0, 0.1) is 6.92 Å². The van der Waals surface area contributed by atoms with Gasteiger partial charge >= 0.3 is 0 Å². The zero-order chi connectivity index (χ0) is 13.7. The van der Waals surface area contributed by atoms with Gasteiger partial charge in [0.05, 0.1) is 11.5 Å². The number of rotatable bonds is 6. The van der Waals surface area contributed by atoms with Crippen molar-refractivity contribution >= 4 is 28.6 Å². The van der Waals surface area contributed by atoms with Gasteiger partial charge in [-0.05, 0) is 46.3 Å². The van der Waals surface area contributed by atoms with Crippen LogP contribution in [-0.4, -0.2) is 31.1 Å². The lowest BCUT2D eigenvalue weighted by molar-refractivity contribution is 0.0685. The molecule has 19 heavy (non-hydrogen) atoms. The molecule has 0 fully saturated rings. The summed E-state index contributed by atoms with van der Waals surface area (Å²) in [6, 6.07) is 4.00. The largest absolute Gasteiger partial charge is 0.383 e. The quantitative estimate of drug-likeness (QED) is 0.817. The SMILES string of the molecule is COCCN(Cc1ccsc1)C(=O)c1cc(C)cs1. The average molecular weight is 295 g/mol. The van der Waals surface area contributed by atoms with Crippen LogP contribution in [0.15, 0.2) is 28.3 Å². The molecule has 0 spiro atoms. The third-order valence-corrected chi connectivity index (χ3v) is 4.52. The molecule has 2 aromatic rings. The Morgan fingerprint density at radius 2 is 2.26 bits per heavy atom. The monoisotopic (exact) mass is 295 g/mol. The smallest absolute Gasteiger partial charge is 0.264 e. The minimum absolute atomic E-state index is 0.0846. The lowest BCUT2D eigenvalue weighted by Crippen LogP contribution is -2.32. The van der Waals surface area contributed by atoms with Crippen molar-refractivity contribution in [3.05, 3.63) is 44.3 Å². The van der Waals surface area contributed by atoms with Crippen molar-refractivity contribution in [3.63, 3.8) is 0 Å². The van der Waals surface area contributed by atoms with E-state index in [4.69, 9.17) is 4.74 Å². The minimum atomic E-state index is 0.0846. The van der Waals surface area contributed by atoms with Crippen LogP contribution in [0.1, 0.15) is 20.8 Å². The van der Waals surface area contributed by atoms with E-state index in [1.165, 1.54) is 16.9 Å². The summed E-state index contributed by atoms with van der Waals surface area (Å²) in [6.45, 7) is 3.82. The van der Waals surface area contributed by atoms with Gasteiger partial charge in [-0.25, -0.2) is 0 Å². The molecule has 2 rings (SSSR count). The van der Waals surface area contributed by atoms with Gasteiger partial charge in [0, 0.05) is 20.2 Å². The van der Waals surface area contributed by atoms with Crippen LogP contribution < -0.4 is 0 Å². The molecule has 0 atom stereocenters. The summed E-state index contributed by atoms with van der Waals surface area (Å²) in [4.78, 5) is 15.1. The first-order valence-electron chi connectivity index (χ1n) is 6.05. The molecular formula is C14H17NO2S2. The third kappa shape index (κ3) is 3.89. The number of nitrogens with zero attached hydrogens (tertiary/aromatic N) is 1. The summed E-state index contributed by atoms with van der Waals surface area (Å²) in [5.74, 6) is 0.0846. The molecular weight excluding hydrogens is 278 g/mol. The van der Waals surface area contributed by atoms with Gasteiger partial charge in [0.25, 0.3) is 5.91 Å². The van der Waals surface area contributed by atoms with E-state index >= 15 is 0 Å². The first kappa shape index (κ1) is 14.2. The highest BCUT2D eigenvalue weighted by atomic mass is 32.1. The Hall–Kier alpha value is -1.17. The van der Waals surface area contributed by atoms with Crippen LogP contribution in [0.4, 0.5) is 0 Å². The molecule has 0 radical (unpaired) electrons. The Morgan fingerprint density at radius 3 is 2.84 bits per heavy atom. The molecule has 0 aliphatic carbocycles. The average Bonchev–Trinajstić information content (AvgIpc) is 3.05. The fourth-order valence-electron chi connectivity index (χ4n) is 1.76. The van der Waals surface area contributed by atoms with E-state index in [9.17, 15) is 4.79 Å². The summed E-state index contributed by atoms with van der Waals surface area (Å²) >= 11 is 3.15. The second kappa shape index (κ2) is 6.84. The van der Waals surface area contributed by atoms with Crippen molar-refractivity contribution in [2.45, 2.75) is 13.5 Å². The van der Waals surface area contributed by atoms with E-state index in [-0.39, 0.29) is 5.91 Å². The Kier molecular flexibility index (Phi) is 5.13. The minimum Gasteiger partial charge on any atom is -0.383 e. The Bertz CT molecular complexity index is 519. The van der Waals surface area contributed by atoms with Gasteiger partial charge in [0.1, 0.15) is 0 Å². The highest BCUT2D eigenvalue weighted by molar-refractivity contribution is 7.12. The standard InChI is InChI=1S/C14H17NO2S2/c1-11-7-13(19-9-11)14(16)15(4-5-17-2)8-12-3-6-18-10-12/h3,6-7,9-10H,4-5,8H2,1-2H3. The van der Waals surface area contributed by atoms with Gasteiger partial charge in [-0.1, -0.05) is 0 Å². The highest BCUT2D eigenvalue weighted by Crippen LogP contribution is 2.18. The molecule has 0 aliphatic heterocycles. The number of amides is 1. The second-order valence-corrected chi connectivity index (χ2v) is 6.03. The predicted molar refractivity (Wildman–Crippen MR) is 80.0 cm³/mol. The number of methoxy groups -OCH3 is 1. The van der Waals surface area contributed by atoms with Gasteiger partial charge in [0.15, 0.2) is 0 Å². The molecule has 0 saturated carbocycles. The van der Waals surface area contributed by atoms with Crippen molar-refractivity contribution in [1.29, 1.82) is 0 Å². The van der Waals surface area contributed by atoms with Crippen LogP contribution >= 0.6 is 22.7 Å². The molecule has 0 N–H and O–H groups in total. The fraction of sp³-hybridized carbons (Fsp3) is 0.357. The first-order valence-corrected chi connectivity index (χ1v) is 7.87. The maximum Gasteiger partial charge on any atom is 0.264 e. The Labute approximate surface area is 121 Å². The molecule has 2 aromatic heterocycles. The van der Waals surface area contributed by atoms with Gasteiger partial charge in [0.2, 0.25) is 0 Å². The maximum atomic E-state index is 12.5. The van der Waals surface area contributed by atoms with Crippen LogP contribution in [0.3, 0.4) is 0 Å². The van der Waals surface area contributed by atoms with E-state index in [0.717, 1.165) is 10.4 Å². The summed E-state index contributed by atoms with van der Waals surface area (Å²) in [7, 11) is 1.66. The van der Waals surface area contributed by atoms with Gasteiger partial charge in [-0.3, -0.25) is 4.79 Å². The Morgan fingerprint density at radius 1 is 1.42 bits per heavy atom. The molecule has 1 amide bonds. The predicted octanol–water partition coefficient (Wildman–Crippen LogP) is 3.41. The molecule has 0 unspecified atom stereocenters. The van der Waals surface area contributed by atoms with Gasteiger partial charge in [-0.15, -0.1) is 11.3 Å². The number of thiophene rings is 2. The fourth-order valence-corrected chi connectivity index (χ4v) is 3.28. The maximum absolute atomic E-state index is 12.5. The molecule has 2 heterocycles. The zero-order valence-corrected chi connectivity index (χ0v) is 12.7. The van der Waals surface area contributed by atoms with Crippen molar-refractivity contribution < 1.29 is 9.53 Å². The molecule has 3 nitrogen and oxygen atoms in total. The number of hydrogen-bond donors (Lipinski definition) is 0.